The molecule has 5 aromatic rings. The number of rotatable bonds is 4. The summed E-state index contributed by atoms with van der Waals surface area (Å²) in [5.74, 6) is 2.11. The van der Waals surface area contributed by atoms with Crippen LogP contribution in [0.5, 0.6) is 5.75 Å². The second-order valence-electron chi connectivity index (χ2n) is 8.06. The van der Waals surface area contributed by atoms with Gasteiger partial charge in [0.05, 0.1) is 5.36 Å². The number of thiophene rings is 1. The van der Waals surface area contributed by atoms with Gasteiger partial charge in [-0.25, -0.2) is 9.97 Å². The van der Waals surface area contributed by atoms with E-state index in [0.717, 1.165) is 58.8 Å². The van der Waals surface area contributed by atoms with Crippen molar-refractivity contribution in [1.82, 2.24) is 15.0 Å². The monoisotopic (exact) mass is 455 g/mol. The summed E-state index contributed by atoms with van der Waals surface area (Å²) >= 11 is 1.67. The van der Waals surface area contributed by atoms with Crippen LogP contribution in [-0.4, -0.2) is 34.1 Å². The van der Waals surface area contributed by atoms with Crippen molar-refractivity contribution in [3.63, 3.8) is 0 Å². The first-order chi connectivity index (χ1) is 16.2. The van der Waals surface area contributed by atoms with E-state index >= 15 is 0 Å². The third-order valence-electron chi connectivity index (χ3n) is 5.91. The molecule has 0 saturated carbocycles. The average molecular weight is 456 g/mol. The van der Waals surface area contributed by atoms with Crippen LogP contribution in [0.25, 0.3) is 32.5 Å². The lowest BCUT2D eigenvalue weighted by molar-refractivity contribution is 0.170. The summed E-state index contributed by atoms with van der Waals surface area (Å²) < 4.78 is 13.5. The lowest BCUT2D eigenvalue weighted by Crippen LogP contribution is -2.39. The van der Waals surface area contributed by atoms with Crippen molar-refractivity contribution in [3.05, 3.63) is 71.8 Å². The molecule has 33 heavy (non-hydrogen) atoms. The Morgan fingerprint density at radius 2 is 1.88 bits per heavy atom. The Balaban J connectivity index is 1.20. The van der Waals surface area contributed by atoms with Crippen molar-refractivity contribution in [1.29, 1.82) is 5.41 Å². The van der Waals surface area contributed by atoms with Crippen LogP contribution >= 0.6 is 11.3 Å². The smallest absolute Gasteiger partial charge is 0.225 e. The van der Waals surface area contributed by atoms with Gasteiger partial charge in [0.1, 0.15) is 23.1 Å². The molecule has 1 aliphatic rings. The molecule has 0 bridgehead atoms. The second-order valence-corrected chi connectivity index (χ2v) is 9.01. The lowest BCUT2D eigenvalue weighted by Gasteiger charge is -2.32. The van der Waals surface area contributed by atoms with Gasteiger partial charge in [-0.05, 0) is 41.8 Å². The minimum atomic E-state index is 0.120. The van der Waals surface area contributed by atoms with Crippen LogP contribution in [-0.2, 0) is 0 Å². The highest BCUT2D eigenvalue weighted by molar-refractivity contribution is 7.17. The fourth-order valence-electron chi connectivity index (χ4n) is 4.18. The van der Waals surface area contributed by atoms with Gasteiger partial charge >= 0.3 is 0 Å². The van der Waals surface area contributed by atoms with Gasteiger partial charge < -0.3 is 14.1 Å². The van der Waals surface area contributed by atoms with Crippen LogP contribution in [0.4, 0.5) is 5.95 Å². The van der Waals surface area contributed by atoms with E-state index < -0.39 is 0 Å². The number of anilines is 1. The highest BCUT2D eigenvalue weighted by atomic mass is 32.1. The third kappa shape index (κ3) is 3.93. The maximum atomic E-state index is 8.56. The summed E-state index contributed by atoms with van der Waals surface area (Å²) in [6.07, 6.45) is 7.29. The quantitative estimate of drug-likeness (QED) is 0.409. The molecule has 0 radical (unpaired) electrons. The summed E-state index contributed by atoms with van der Waals surface area (Å²) in [6, 6.07) is 13.3. The number of hydrogen-bond acceptors (Lipinski definition) is 8. The number of piperidine rings is 1. The molecule has 7 nitrogen and oxygen atoms in total. The zero-order valence-corrected chi connectivity index (χ0v) is 18.6. The molecule has 0 amide bonds. The molecule has 1 N–H and O–H groups in total. The molecular formula is C25H21N5O2S. The Hall–Kier alpha value is -3.78. The number of nitrogens with one attached hydrogen (secondary N) is 1. The first-order valence-electron chi connectivity index (χ1n) is 10.9. The summed E-state index contributed by atoms with van der Waals surface area (Å²) in [4.78, 5) is 15.4. The van der Waals surface area contributed by atoms with E-state index in [0.29, 0.717) is 16.7 Å². The largest absolute Gasteiger partial charge is 0.490 e. The summed E-state index contributed by atoms with van der Waals surface area (Å²) in [5, 5.41) is 12.8. The van der Waals surface area contributed by atoms with Crippen molar-refractivity contribution in [2.75, 3.05) is 18.0 Å². The van der Waals surface area contributed by atoms with E-state index in [9.17, 15) is 0 Å². The van der Waals surface area contributed by atoms with E-state index in [1.165, 1.54) is 0 Å². The molecule has 8 heteroatoms. The Morgan fingerprint density at radius 3 is 2.73 bits per heavy atom. The summed E-state index contributed by atoms with van der Waals surface area (Å²) in [5.41, 5.74) is 1.38. The van der Waals surface area contributed by atoms with Crippen molar-refractivity contribution < 1.29 is 9.15 Å². The third-order valence-corrected chi connectivity index (χ3v) is 6.79. The minimum absolute atomic E-state index is 0.120. The Morgan fingerprint density at radius 1 is 1.03 bits per heavy atom. The van der Waals surface area contributed by atoms with E-state index in [4.69, 9.17) is 14.6 Å². The van der Waals surface area contributed by atoms with Gasteiger partial charge in [-0.15, -0.1) is 11.3 Å². The molecule has 164 valence electrons. The predicted molar refractivity (Wildman–Crippen MR) is 129 cm³/mol. The van der Waals surface area contributed by atoms with Gasteiger partial charge in [0, 0.05) is 66.1 Å². The number of hydrogen-bond donors (Lipinski definition) is 1. The molecule has 0 unspecified atom stereocenters. The minimum Gasteiger partial charge on any atom is -0.490 e. The van der Waals surface area contributed by atoms with E-state index in [1.807, 2.05) is 48.0 Å². The molecule has 1 fully saturated rings. The second kappa shape index (κ2) is 8.29. The molecule has 0 spiro atoms. The fourth-order valence-corrected chi connectivity index (χ4v) is 4.97. The van der Waals surface area contributed by atoms with Gasteiger partial charge in [0.25, 0.3) is 0 Å². The zero-order chi connectivity index (χ0) is 22.2. The molecule has 6 rings (SSSR count). The number of ether oxygens (including phenoxy) is 1. The molecule has 1 saturated heterocycles. The van der Waals surface area contributed by atoms with E-state index in [-0.39, 0.29) is 6.10 Å². The molecule has 4 aromatic heterocycles. The predicted octanol–water partition coefficient (Wildman–Crippen LogP) is 5.03. The number of pyridine rings is 1. The normalized spacial score (nSPS) is 14.7. The van der Waals surface area contributed by atoms with Crippen molar-refractivity contribution in [3.8, 4) is 17.2 Å². The topological polar surface area (TPSA) is 88.1 Å². The van der Waals surface area contributed by atoms with Crippen LogP contribution in [0, 0.1) is 5.41 Å². The fraction of sp³-hybridized carbons (Fsp3) is 0.200. The van der Waals surface area contributed by atoms with Gasteiger partial charge in [-0.3, -0.25) is 10.4 Å². The van der Waals surface area contributed by atoms with Gasteiger partial charge in [-0.2, -0.15) is 0 Å². The van der Waals surface area contributed by atoms with Crippen LogP contribution in [0.2, 0.25) is 0 Å². The molecule has 0 aliphatic carbocycles. The maximum absolute atomic E-state index is 8.56. The standard InChI is InChI=1S/C25H21N5O2S/c26-20-13-23(21-14-24-16(15-29-21)6-11-33-24)32-22-3-2-18(12-19(20)22)31-17-4-9-30(10-5-17)25-27-7-1-8-28-25/h1-3,6-8,11-15,17,26H,4-5,9-10H2. The van der Waals surface area contributed by atoms with Crippen LogP contribution in [0.3, 0.4) is 0 Å². The molecule has 1 aliphatic heterocycles. The first kappa shape index (κ1) is 19.9. The number of nitrogens with zero attached hydrogens (tertiary/aromatic N) is 4. The molecule has 5 heterocycles. The van der Waals surface area contributed by atoms with Crippen molar-refractivity contribution in [2.45, 2.75) is 18.9 Å². The molecule has 0 atom stereocenters. The van der Waals surface area contributed by atoms with E-state index in [2.05, 4.69) is 19.9 Å². The summed E-state index contributed by atoms with van der Waals surface area (Å²) in [6.45, 7) is 1.71. The van der Waals surface area contributed by atoms with Crippen molar-refractivity contribution in [2.24, 2.45) is 0 Å². The Kier molecular flexibility index (Phi) is 4.99. The highest BCUT2D eigenvalue weighted by Gasteiger charge is 2.22. The van der Waals surface area contributed by atoms with Crippen LogP contribution < -0.4 is 15.0 Å². The van der Waals surface area contributed by atoms with Crippen molar-refractivity contribution >= 4 is 38.3 Å². The van der Waals surface area contributed by atoms with E-state index in [1.54, 1.807) is 29.8 Å². The molecular weight excluding hydrogens is 434 g/mol. The SMILES string of the molecule is N=c1cc(-c2cc3sccc3cn2)oc2ccc(OC3CCN(c4ncccn4)CC3)cc12. The van der Waals surface area contributed by atoms with Gasteiger partial charge in [0.15, 0.2) is 5.76 Å². The van der Waals surface area contributed by atoms with Gasteiger partial charge in [0.2, 0.25) is 5.95 Å². The highest BCUT2D eigenvalue weighted by Crippen LogP contribution is 2.28. The lowest BCUT2D eigenvalue weighted by atomic mass is 10.1. The Bertz CT molecular complexity index is 1490. The number of benzene rings is 1. The van der Waals surface area contributed by atoms with Crippen LogP contribution in [0.15, 0.2) is 70.9 Å². The average Bonchev–Trinajstić information content (AvgIpc) is 3.33. The molecule has 1 aromatic carbocycles. The number of aromatic nitrogens is 3. The Labute approximate surface area is 193 Å². The van der Waals surface area contributed by atoms with Crippen LogP contribution in [0.1, 0.15) is 12.8 Å². The van der Waals surface area contributed by atoms with Gasteiger partial charge in [-0.1, -0.05) is 0 Å². The maximum Gasteiger partial charge on any atom is 0.225 e. The first-order valence-corrected chi connectivity index (χ1v) is 11.8. The summed E-state index contributed by atoms with van der Waals surface area (Å²) in [7, 11) is 0. The zero-order valence-electron chi connectivity index (χ0n) is 17.8. The number of fused-ring (bicyclic) bond motifs is 2.